The minimum Gasteiger partial charge on any atom is -0.468 e. The molecule has 1 saturated heterocycles. The van der Waals surface area contributed by atoms with E-state index < -0.39 is 0 Å². The first kappa shape index (κ1) is 11.9. The number of piperidine rings is 1. The van der Waals surface area contributed by atoms with Gasteiger partial charge in [-0.25, -0.2) is 0 Å². The lowest BCUT2D eigenvalue weighted by Gasteiger charge is -2.36. The van der Waals surface area contributed by atoms with Crippen molar-refractivity contribution in [3.63, 3.8) is 0 Å². The standard InChI is InChI=1S/C13H23NO2/c1-3-10-5-4-8-14(9-10)12(11-6-7-11)13(15)16-2/h10-12H,3-9H2,1-2H3. The summed E-state index contributed by atoms with van der Waals surface area (Å²) in [6, 6.07) is 0.0550. The molecule has 1 aliphatic heterocycles. The van der Waals surface area contributed by atoms with Gasteiger partial charge in [0.05, 0.1) is 7.11 Å². The average Bonchev–Trinajstić information content (AvgIpc) is 3.14. The van der Waals surface area contributed by atoms with E-state index in [0.717, 1.165) is 19.0 Å². The van der Waals surface area contributed by atoms with Crippen LogP contribution in [0.25, 0.3) is 0 Å². The number of hydrogen-bond donors (Lipinski definition) is 0. The van der Waals surface area contributed by atoms with Crippen LogP contribution in [0.2, 0.25) is 0 Å². The molecule has 0 amide bonds. The van der Waals surface area contributed by atoms with Crippen molar-refractivity contribution in [3.8, 4) is 0 Å². The molecule has 3 nitrogen and oxygen atoms in total. The van der Waals surface area contributed by atoms with Gasteiger partial charge in [0.15, 0.2) is 0 Å². The summed E-state index contributed by atoms with van der Waals surface area (Å²) in [5, 5.41) is 0. The molecule has 1 aliphatic carbocycles. The van der Waals surface area contributed by atoms with Crippen molar-refractivity contribution in [1.29, 1.82) is 0 Å². The van der Waals surface area contributed by atoms with Gasteiger partial charge in [0.25, 0.3) is 0 Å². The lowest BCUT2D eigenvalue weighted by Crippen LogP contribution is -2.48. The zero-order valence-electron chi connectivity index (χ0n) is 10.4. The molecule has 3 heteroatoms. The van der Waals surface area contributed by atoms with Crippen molar-refractivity contribution in [1.82, 2.24) is 4.90 Å². The molecular weight excluding hydrogens is 202 g/mol. The molecule has 2 atom stereocenters. The maximum atomic E-state index is 11.8. The van der Waals surface area contributed by atoms with Gasteiger partial charge in [0.1, 0.15) is 6.04 Å². The number of likely N-dealkylation sites (tertiary alicyclic amines) is 1. The fourth-order valence-electron chi connectivity index (χ4n) is 2.86. The van der Waals surface area contributed by atoms with Gasteiger partial charge >= 0.3 is 5.97 Å². The topological polar surface area (TPSA) is 29.5 Å². The number of esters is 1. The van der Waals surface area contributed by atoms with E-state index in [-0.39, 0.29) is 12.0 Å². The van der Waals surface area contributed by atoms with Crippen molar-refractivity contribution in [2.24, 2.45) is 11.8 Å². The van der Waals surface area contributed by atoms with Crippen LogP contribution in [0, 0.1) is 11.8 Å². The van der Waals surface area contributed by atoms with E-state index in [9.17, 15) is 4.79 Å². The number of methoxy groups -OCH3 is 1. The van der Waals surface area contributed by atoms with E-state index in [2.05, 4.69) is 11.8 Å². The van der Waals surface area contributed by atoms with Gasteiger partial charge in [0, 0.05) is 6.54 Å². The number of ether oxygens (including phenoxy) is 1. The number of carbonyl (C=O) groups excluding carboxylic acids is 1. The molecule has 92 valence electrons. The Hall–Kier alpha value is -0.570. The third-order valence-electron chi connectivity index (χ3n) is 4.03. The Morgan fingerprint density at radius 3 is 2.75 bits per heavy atom. The predicted octanol–water partition coefficient (Wildman–Crippen LogP) is 2.06. The Labute approximate surface area is 98.1 Å². The summed E-state index contributed by atoms with van der Waals surface area (Å²) in [7, 11) is 1.51. The summed E-state index contributed by atoms with van der Waals surface area (Å²) in [4.78, 5) is 14.2. The molecule has 0 aromatic carbocycles. The summed E-state index contributed by atoms with van der Waals surface area (Å²) in [6.07, 6.45) is 6.19. The first-order valence-electron chi connectivity index (χ1n) is 6.58. The van der Waals surface area contributed by atoms with Gasteiger partial charge in [0.2, 0.25) is 0 Å². The maximum absolute atomic E-state index is 11.8. The number of nitrogens with zero attached hydrogens (tertiary/aromatic N) is 1. The van der Waals surface area contributed by atoms with Crippen LogP contribution in [0.3, 0.4) is 0 Å². The van der Waals surface area contributed by atoms with Gasteiger partial charge in [-0.1, -0.05) is 13.3 Å². The van der Waals surface area contributed by atoms with Crippen LogP contribution in [-0.2, 0) is 9.53 Å². The predicted molar refractivity (Wildman–Crippen MR) is 63.1 cm³/mol. The van der Waals surface area contributed by atoms with E-state index in [1.165, 1.54) is 39.2 Å². The highest BCUT2D eigenvalue weighted by molar-refractivity contribution is 5.76. The van der Waals surface area contributed by atoms with Crippen molar-refractivity contribution >= 4 is 5.97 Å². The third kappa shape index (κ3) is 2.57. The van der Waals surface area contributed by atoms with Crippen LogP contribution in [0.15, 0.2) is 0 Å². The first-order chi connectivity index (χ1) is 7.76. The van der Waals surface area contributed by atoms with Gasteiger partial charge in [-0.05, 0) is 44.1 Å². The van der Waals surface area contributed by atoms with Gasteiger partial charge in [-0.3, -0.25) is 9.69 Å². The minimum absolute atomic E-state index is 0.0146. The van der Waals surface area contributed by atoms with E-state index in [0.29, 0.717) is 5.92 Å². The second kappa shape index (κ2) is 5.17. The fourth-order valence-corrected chi connectivity index (χ4v) is 2.86. The van der Waals surface area contributed by atoms with Crippen molar-refractivity contribution in [3.05, 3.63) is 0 Å². The Morgan fingerprint density at radius 2 is 2.19 bits per heavy atom. The highest BCUT2D eigenvalue weighted by Gasteiger charge is 2.41. The highest BCUT2D eigenvalue weighted by Crippen LogP contribution is 2.37. The van der Waals surface area contributed by atoms with Crippen LogP contribution in [0.4, 0.5) is 0 Å². The fraction of sp³-hybridized carbons (Fsp3) is 0.923. The van der Waals surface area contributed by atoms with E-state index >= 15 is 0 Å². The molecule has 0 N–H and O–H groups in total. The molecule has 0 aromatic heterocycles. The van der Waals surface area contributed by atoms with Crippen molar-refractivity contribution in [2.45, 2.75) is 45.1 Å². The summed E-state index contributed by atoms with van der Waals surface area (Å²) in [5.41, 5.74) is 0. The number of carbonyl (C=O) groups is 1. The highest BCUT2D eigenvalue weighted by atomic mass is 16.5. The van der Waals surface area contributed by atoms with E-state index in [1.54, 1.807) is 0 Å². The molecule has 1 heterocycles. The van der Waals surface area contributed by atoms with Crippen LogP contribution in [0.1, 0.15) is 39.0 Å². The molecule has 1 saturated carbocycles. The minimum atomic E-state index is -0.0146. The molecule has 16 heavy (non-hydrogen) atoms. The molecule has 0 bridgehead atoms. The maximum Gasteiger partial charge on any atom is 0.323 e. The quantitative estimate of drug-likeness (QED) is 0.686. The normalized spacial score (nSPS) is 28.8. The van der Waals surface area contributed by atoms with Crippen LogP contribution in [-0.4, -0.2) is 37.1 Å². The molecule has 0 spiro atoms. The zero-order valence-corrected chi connectivity index (χ0v) is 10.4. The Balaban J connectivity index is 1.98. The Morgan fingerprint density at radius 1 is 1.44 bits per heavy atom. The van der Waals surface area contributed by atoms with E-state index in [4.69, 9.17) is 4.74 Å². The Bertz CT molecular complexity index is 250. The largest absolute Gasteiger partial charge is 0.468 e. The lowest BCUT2D eigenvalue weighted by atomic mass is 9.93. The van der Waals surface area contributed by atoms with Gasteiger partial charge in [-0.15, -0.1) is 0 Å². The van der Waals surface area contributed by atoms with E-state index in [1.807, 2.05) is 0 Å². The van der Waals surface area contributed by atoms with Gasteiger partial charge < -0.3 is 4.74 Å². The second-order valence-corrected chi connectivity index (χ2v) is 5.22. The average molecular weight is 225 g/mol. The van der Waals surface area contributed by atoms with Crippen LogP contribution < -0.4 is 0 Å². The molecule has 2 fully saturated rings. The molecule has 2 rings (SSSR count). The summed E-state index contributed by atoms with van der Waals surface area (Å²) >= 11 is 0. The monoisotopic (exact) mass is 225 g/mol. The molecule has 2 unspecified atom stereocenters. The third-order valence-corrected chi connectivity index (χ3v) is 4.03. The summed E-state index contributed by atoms with van der Waals surface area (Å²) < 4.78 is 4.96. The van der Waals surface area contributed by atoms with Crippen molar-refractivity contribution in [2.75, 3.05) is 20.2 Å². The Kier molecular flexibility index (Phi) is 3.85. The molecule has 2 aliphatic rings. The number of hydrogen-bond acceptors (Lipinski definition) is 3. The zero-order chi connectivity index (χ0) is 11.5. The molecule has 0 aromatic rings. The summed E-state index contributed by atoms with van der Waals surface area (Å²) in [6.45, 7) is 4.41. The lowest BCUT2D eigenvalue weighted by molar-refractivity contribution is -0.148. The van der Waals surface area contributed by atoms with Crippen LogP contribution >= 0.6 is 0 Å². The SMILES string of the molecule is CCC1CCCN(C(C(=O)OC)C2CC2)C1. The molecule has 0 radical (unpaired) electrons. The summed E-state index contributed by atoms with van der Waals surface area (Å²) in [5.74, 6) is 1.34. The number of rotatable bonds is 4. The second-order valence-electron chi connectivity index (χ2n) is 5.22. The van der Waals surface area contributed by atoms with Crippen molar-refractivity contribution < 1.29 is 9.53 Å². The van der Waals surface area contributed by atoms with Gasteiger partial charge in [-0.2, -0.15) is 0 Å². The smallest absolute Gasteiger partial charge is 0.323 e. The molecular formula is C13H23NO2. The first-order valence-corrected chi connectivity index (χ1v) is 6.58. The van der Waals surface area contributed by atoms with Crippen LogP contribution in [0.5, 0.6) is 0 Å².